The van der Waals surface area contributed by atoms with Crippen LogP contribution in [0.15, 0.2) is 0 Å². The van der Waals surface area contributed by atoms with Crippen LogP contribution >= 0.6 is 8.81 Å². The maximum Gasteiger partial charge on any atom is 0.158 e. The lowest BCUT2D eigenvalue weighted by Crippen LogP contribution is -2.35. The van der Waals surface area contributed by atoms with Gasteiger partial charge in [0, 0.05) is 8.81 Å². The predicted molar refractivity (Wildman–Crippen MR) is 55.5 cm³/mol. The van der Waals surface area contributed by atoms with Crippen molar-refractivity contribution in [2.45, 2.75) is 31.3 Å². The van der Waals surface area contributed by atoms with E-state index in [0.717, 1.165) is 0 Å². The highest BCUT2D eigenvalue weighted by Gasteiger charge is 2.41. The van der Waals surface area contributed by atoms with Gasteiger partial charge < -0.3 is 19.8 Å². The second-order valence-corrected chi connectivity index (χ2v) is 6.86. The summed E-state index contributed by atoms with van der Waals surface area (Å²) in [6.45, 7) is 1.56. The van der Waals surface area contributed by atoms with Crippen molar-refractivity contribution in [3.05, 3.63) is 0 Å². The van der Waals surface area contributed by atoms with Gasteiger partial charge in [-0.1, -0.05) is 0 Å². The van der Waals surface area contributed by atoms with Crippen molar-refractivity contribution in [3.8, 4) is 0 Å². The van der Waals surface area contributed by atoms with Crippen LogP contribution in [0.4, 0.5) is 0 Å². The Morgan fingerprint density at radius 2 is 1.93 bits per heavy atom. The summed E-state index contributed by atoms with van der Waals surface area (Å²) in [4.78, 5) is 8.54. The van der Waals surface area contributed by atoms with E-state index in [1.54, 1.807) is 6.92 Å². The van der Waals surface area contributed by atoms with Crippen molar-refractivity contribution in [1.82, 2.24) is 0 Å². The SMILES string of the molecule is CC1O[C@H](CS(=O)(=O)CPO)[C@@H](O)[C@H]1O. The van der Waals surface area contributed by atoms with E-state index in [4.69, 9.17) is 9.63 Å². The lowest BCUT2D eigenvalue weighted by atomic mass is 10.1. The minimum atomic E-state index is -3.43. The Morgan fingerprint density at radius 1 is 1.33 bits per heavy atom. The molecule has 0 saturated carbocycles. The number of sulfone groups is 1. The number of hydrogen-bond donors (Lipinski definition) is 3. The first kappa shape index (κ1) is 13.3. The van der Waals surface area contributed by atoms with Gasteiger partial charge in [0.25, 0.3) is 0 Å². The monoisotopic (exact) mass is 258 g/mol. The minimum Gasteiger partial charge on any atom is -0.388 e. The lowest BCUT2D eigenvalue weighted by molar-refractivity contribution is 0.0296. The highest BCUT2D eigenvalue weighted by molar-refractivity contribution is 7.95. The minimum absolute atomic E-state index is 0.329. The van der Waals surface area contributed by atoms with Gasteiger partial charge in [-0.2, -0.15) is 0 Å². The van der Waals surface area contributed by atoms with Crippen LogP contribution in [0.3, 0.4) is 0 Å². The fourth-order valence-corrected chi connectivity index (χ4v) is 3.51. The second kappa shape index (κ2) is 5.03. The zero-order chi connectivity index (χ0) is 11.6. The molecule has 1 heterocycles. The summed E-state index contributed by atoms with van der Waals surface area (Å²) in [6, 6.07) is 0. The van der Waals surface area contributed by atoms with Gasteiger partial charge >= 0.3 is 0 Å². The summed E-state index contributed by atoms with van der Waals surface area (Å²) in [5.74, 6) is -0.372. The van der Waals surface area contributed by atoms with Crippen molar-refractivity contribution in [2.75, 3.05) is 11.2 Å². The Labute approximate surface area is 90.0 Å². The first-order valence-electron chi connectivity index (χ1n) is 4.46. The van der Waals surface area contributed by atoms with Crippen LogP contribution in [0.25, 0.3) is 0 Å². The Morgan fingerprint density at radius 3 is 2.33 bits per heavy atom. The molecule has 0 radical (unpaired) electrons. The summed E-state index contributed by atoms with van der Waals surface area (Å²) in [5.41, 5.74) is -0.329. The van der Waals surface area contributed by atoms with Crippen LogP contribution in [-0.2, 0) is 14.6 Å². The molecule has 2 unspecified atom stereocenters. The molecule has 8 heteroatoms. The number of hydrogen-bond acceptors (Lipinski definition) is 6. The topological polar surface area (TPSA) is 104 Å². The smallest absolute Gasteiger partial charge is 0.158 e. The summed E-state index contributed by atoms with van der Waals surface area (Å²) >= 11 is 0. The third kappa shape index (κ3) is 3.34. The molecule has 1 rings (SSSR count). The molecule has 0 spiro atoms. The third-order valence-electron chi connectivity index (χ3n) is 2.30. The summed E-state index contributed by atoms with van der Waals surface area (Å²) in [7, 11) is -4.10. The lowest BCUT2D eigenvalue weighted by Gasteiger charge is -2.14. The Kier molecular flexibility index (Phi) is 4.46. The first-order chi connectivity index (χ1) is 6.87. The molecule has 5 atom stereocenters. The molecule has 1 aliphatic heterocycles. The van der Waals surface area contributed by atoms with Gasteiger partial charge in [0.05, 0.1) is 17.4 Å². The molecule has 90 valence electrons. The zero-order valence-electron chi connectivity index (χ0n) is 8.20. The number of aliphatic hydroxyl groups excluding tert-OH is 2. The van der Waals surface area contributed by atoms with Crippen molar-refractivity contribution in [3.63, 3.8) is 0 Å². The number of ether oxygens (including phenoxy) is 1. The average Bonchev–Trinajstić information content (AvgIpc) is 2.33. The fourth-order valence-electron chi connectivity index (χ4n) is 1.48. The van der Waals surface area contributed by atoms with E-state index in [1.165, 1.54) is 0 Å². The molecule has 0 aliphatic carbocycles. The van der Waals surface area contributed by atoms with Crippen molar-refractivity contribution in [2.24, 2.45) is 0 Å². The molecule has 0 bridgehead atoms. The molecule has 0 aromatic heterocycles. The predicted octanol–water partition coefficient (Wildman–Crippen LogP) is -1.55. The Hall–Kier alpha value is 0.220. The van der Waals surface area contributed by atoms with Crippen molar-refractivity contribution < 1.29 is 28.3 Å². The maximum atomic E-state index is 11.3. The van der Waals surface area contributed by atoms with E-state index in [1.807, 2.05) is 0 Å². The van der Waals surface area contributed by atoms with Gasteiger partial charge in [-0.25, -0.2) is 8.42 Å². The molecule has 1 fully saturated rings. The van der Waals surface area contributed by atoms with Gasteiger partial charge in [0.2, 0.25) is 0 Å². The molecular weight excluding hydrogens is 243 g/mol. The molecule has 6 nitrogen and oxygen atoms in total. The van der Waals surface area contributed by atoms with E-state index < -0.39 is 43.1 Å². The average molecular weight is 258 g/mol. The fraction of sp³-hybridized carbons (Fsp3) is 1.00. The molecule has 0 aromatic carbocycles. The highest BCUT2D eigenvalue weighted by atomic mass is 32.2. The Balaban J connectivity index is 2.61. The van der Waals surface area contributed by atoms with Crippen LogP contribution in [0.2, 0.25) is 0 Å². The van der Waals surface area contributed by atoms with E-state index in [9.17, 15) is 18.6 Å². The molecule has 1 aliphatic rings. The van der Waals surface area contributed by atoms with E-state index in [-0.39, 0.29) is 11.2 Å². The second-order valence-electron chi connectivity index (χ2n) is 3.57. The summed E-state index contributed by atoms with van der Waals surface area (Å²) < 4.78 is 27.7. The van der Waals surface area contributed by atoms with Gasteiger partial charge in [-0.05, 0) is 6.92 Å². The van der Waals surface area contributed by atoms with E-state index in [2.05, 4.69) is 0 Å². The van der Waals surface area contributed by atoms with Gasteiger partial charge in [0.15, 0.2) is 9.84 Å². The summed E-state index contributed by atoms with van der Waals surface area (Å²) in [6.07, 6.45) is -3.72. The molecular formula is C7H15O6PS. The normalized spacial score (nSPS) is 37.9. The summed E-state index contributed by atoms with van der Waals surface area (Å²) in [5, 5.41) is 18.8. The van der Waals surface area contributed by atoms with Crippen LogP contribution in [0.5, 0.6) is 0 Å². The standard InChI is InChI=1S/C7H15O6PS/c1-4-6(8)7(9)5(13-4)2-15(11,12)3-14-10/h4-10,14H,2-3H2,1H3/t4?,5-,6+,7-/m1/s1. The third-order valence-corrected chi connectivity index (χ3v) is 5.42. The van der Waals surface area contributed by atoms with Crippen molar-refractivity contribution >= 4 is 18.6 Å². The van der Waals surface area contributed by atoms with Crippen molar-refractivity contribution in [1.29, 1.82) is 0 Å². The molecule has 0 amide bonds. The first-order valence-corrected chi connectivity index (χ1v) is 7.44. The van der Waals surface area contributed by atoms with Gasteiger partial charge in [-0.15, -0.1) is 0 Å². The molecule has 0 aromatic rings. The number of rotatable bonds is 4. The maximum absolute atomic E-state index is 11.3. The molecule has 15 heavy (non-hydrogen) atoms. The highest BCUT2D eigenvalue weighted by Crippen LogP contribution is 2.23. The van der Waals surface area contributed by atoms with E-state index in [0.29, 0.717) is 0 Å². The molecule has 1 saturated heterocycles. The largest absolute Gasteiger partial charge is 0.388 e. The quantitative estimate of drug-likeness (QED) is 0.528. The van der Waals surface area contributed by atoms with E-state index >= 15 is 0 Å². The van der Waals surface area contributed by atoms with Crippen LogP contribution < -0.4 is 0 Å². The van der Waals surface area contributed by atoms with Crippen LogP contribution in [0.1, 0.15) is 6.92 Å². The Bertz CT molecular complexity index is 305. The molecule has 3 N–H and O–H groups in total. The van der Waals surface area contributed by atoms with Gasteiger partial charge in [0.1, 0.15) is 18.3 Å². The zero-order valence-corrected chi connectivity index (χ0v) is 10.0. The van der Waals surface area contributed by atoms with Crippen LogP contribution in [-0.4, -0.2) is 59.2 Å². The number of aliphatic hydroxyl groups is 2. The van der Waals surface area contributed by atoms with Crippen LogP contribution in [0, 0.1) is 0 Å². The van der Waals surface area contributed by atoms with Gasteiger partial charge in [-0.3, -0.25) is 0 Å².